The van der Waals surface area contributed by atoms with Crippen LogP contribution in [0.4, 0.5) is 11.6 Å². The first-order valence-corrected chi connectivity index (χ1v) is 6.91. The molecule has 0 fully saturated rings. The van der Waals surface area contributed by atoms with Crippen LogP contribution in [-0.4, -0.2) is 35.5 Å². The Balaban J connectivity index is 2.65. The van der Waals surface area contributed by atoms with Crippen LogP contribution in [0.2, 0.25) is 5.15 Å². The average Bonchev–Trinajstić information content (AvgIpc) is 2.42. The molecule has 0 bridgehead atoms. The molecule has 0 unspecified atom stereocenters. The third-order valence-electron chi connectivity index (χ3n) is 2.94. The summed E-state index contributed by atoms with van der Waals surface area (Å²) in [5.41, 5.74) is 11.1. The molecule has 0 aliphatic rings. The van der Waals surface area contributed by atoms with Crippen LogP contribution in [0.15, 0.2) is 0 Å². The highest BCUT2D eigenvalue weighted by Gasteiger charge is 2.16. The van der Waals surface area contributed by atoms with E-state index in [0.29, 0.717) is 6.54 Å². The van der Waals surface area contributed by atoms with Crippen molar-refractivity contribution in [3.63, 3.8) is 0 Å². The predicted molar refractivity (Wildman–Crippen MR) is 80.6 cm³/mol. The number of nitrogen functional groups attached to an aromatic ring is 2. The Morgan fingerprint density at radius 1 is 1.35 bits per heavy atom. The van der Waals surface area contributed by atoms with Crippen LogP contribution in [0.1, 0.15) is 36.7 Å². The van der Waals surface area contributed by atoms with Crippen LogP contribution in [-0.2, 0) is 0 Å². The second kappa shape index (κ2) is 7.86. The molecule has 20 heavy (non-hydrogen) atoms. The number of rotatable bonds is 7. The fourth-order valence-electron chi connectivity index (χ4n) is 1.71. The van der Waals surface area contributed by atoms with Gasteiger partial charge in [0.05, 0.1) is 0 Å². The number of unbranched alkanes of at least 4 members (excludes halogenated alkanes) is 1. The lowest BCUT2D eigenvalue weighted by molar-refractivity contribution is 0.0945. The van der Waals surface area contributed by atoms with Crippen LogP contribution in [0.3, 0.4) is 0 Å². The van der Waals surface area contributed by atoms with Crippen molar-refractivity contribution in [1.29, 1.82) is 0 Å². The Morgan fingerprint density at radius 3 is 2.65 bits per heavy atom. The number of amides is 1. The van der Waals surface area contributed by atoms with Gasteiger partial charge in [0.25, 0.3) is 5.91 Å². The number of carbonyl (C=O) groups excluding carboxylic acids is 1. The molecule has 0 aliphatic carbocycles. The van der Waals surface area contributed by atoms with Crippen LogP contribution in [0.5, 0.6) is 0 Å². The number of aromatic nitrogens is 2. The third-order valence-corrected chi connectivity index (χ3v) is 3.22. The summed E-state index contributed by atoms with van der Waals surface area (Å²) in [5.74, 6) is -0.427. The summed E-state index contributed by atoms with van der Waals surface area (Å²) in [6, 6.07) is 0.206. The zero-order chi connectivity index (χ0) is 15.1. The molecule has 6 N–H and O–H groups in total. The molecule has 0 aromatic carbocycles. The van der Waals surface area contributed by atoms with Crippen LogP contribution in [0, 0.1) is 0 Å². The van der Waals surface area contributed by atoms with Crippen LogP contribution >= 0.6 is 11.6 Å². The average molecular weight is 301 g/mol. The van der Waals surface area contributed by atoms with E-state index >= 15 is 0 Å². The number of carbonyl (C=O) groups is 1. The fourth-order valence-corrected chi connectivity index (χ4v) is 1.83. The SMILES string of the molecule is CCCC[C@@H](CNC(=O)c1nc(Cl)c(N)nc1N)NC. The van der Waals surface area contributed by atoms with Gasteiger partial charge in [-0.3, -0.25) is 4.79 Å². The molecule has 0 aliphatic heterocycles. The largest absolute Gasteiger partial charge is 0.382 e. The molecule has 0 radical (unpaired) electrons. The Hall–Kier alpha value is -1.60. The van der Waals surface area contributed by atoms with Crippen molar-refractivity contribution in [2.24, 2.45) is 0 Å². The number of nitrogens with zero attached hydrogens (tertiary/aromatic N) is 2. The van der Waals surface area contributed by atoms with Crippen molar-refractivity contribution in [2.45, 2.75) is 32.2 Å². The molecule has 0 saturated carbocycles. The molecular weight excluding hydrogens is 280 g/mol. The van der Waals surface area contributed by atoms with E-state index in [0.717, 1.165) is 19.3 Å². The van der Waals surface area contributed by atoms with Crippen molar-refractivity contribution >= 4 is 29.1 Å². The first-order chi connectivity index (χ1) is 9.49. The van der Waals surface area contributed by atoms with Crippen molar-refractivity contribution in [1.82, 2.24) is 20.6 Å². The number of nitrogens with two attached hydrogens (primary N) is 2. The van der Waals surface area contributed by atoms with Gasteiger partial charge in [-0.1, -0.05) is 31.4 Å². The molecule has 1 heterocycles. The molecule has 1 aromatic heterocycles. The standard InChI is InChI=1S/C12H21ClN6O/c1-3-4-5-7(16-2)6-17-12(20)8-10(14)19-11(15)9(13)18-8/h7,16H,3-6H2,1-2H3,(H,17,20)(H4,14,15,19)/t7-/m0/s1. The Morgan fingerprint density at radius 2 is 2.05 bits per heavy atom. The van der Waals surface area contributed by atoms with E-state index in [2.05, 4.69) is 27.5 Å². The maximum Gasteiger partial charge on any atom is 0.273 e. The minimum Gasteiger partial charge on any atom is -0.382 e. The van der Waals surface area contributed by atoms with Gasteiger partial charge < -0.3 is 22.1 Å². The predicted octanol–water partition coefficient (Wildman–Crippen LogP) is 0.802. The number of hydrogen-bond donors (Lipinski definition) is 4. The molecule has 1 amide bonds. The maximum absolute atomic E-state index is 12.0. The van der Waals surface area contributed by atoms with Gasteiger partial charge in [-0.2, -0.15) is 0 Å². The Bertz CT molecular complexity index is 468. The van der Waals surface area contributed by atoms with E-state index in [1.165, 1.54) is 0 Å². The highest BCUT2D eigenvalue weighted by Crippen LogP contribution is 2.17. The number of hydrogen-bond acceptors (Lipinski definition) is 6. The van der Waals surface area contributed by atoms with E-state index in [1.807, 2.05) is 7.05 Å². The zero-order valence-electron chi connectivity index (χ0n) is 11.7. The summed E-state index contributed by atoms with van der Waals surface area (Å²) in [5, 5.41) is 5.89. The maximum atomic E-state index is 12.0. The highest BCUT2D eigenvalue weighted by molar-refractivity contribution is 6.31. The Labute approximate surface area is 123 Å². The lowest BCUT2D eigenvalue weighted by Gasteiger charge is -2.16. The third kappa shape index (κ3) is 4.50. The zero-order valence-corrected chi connectivity index (χ0v) is 12.5. The smallest absolute Gasteiger partial charge is 0.273 e. The number of anilines is 2. The Kier molecular flexibility index (Phi) is 6.47. The van der Waals surface area contributed by atoms with E-state index in [-0.39, 0.29) is 28.5 Å². The molecular formula is C12H21ClN6O. The monoisotopic (exact) mass is 300 g/mol. The first-order valence-electron chi connectivity index (χ1n) is 6.53. The summed E-state index contributed by atoms with van der Waals surface area (Å²) < 4.78 is 0. The van der Waals surface area contributed by atoms with Crippen LogP contribution in [0.25, 0.3) is 0 Å². The van der Waals surface area contributed by atoms with Crippen molar-refractivity contribution in [3.8, 4) is 0 Å². The molecule has 1 aromatic rings. The summed E-state index contributed by atoms with van der Waals surface area (Å²) in [6.07, 6.45) is 3.19. The van der Waals surface area contributed by atoms with E-state index in [9.17, 15) is 4.79 Å². The van der Waals surface area contributed by atoms with E-state index < -0.39 is 5.91 Å². The van der Waals surface area contributed by atoms with Gasteiger partial charge in [-0.25, -0.2) is 9.97 Å². The van der Waals surface area contributed by atoms with Crippen molar-refractivity contribution in [3.05, 3.63) is 10.8 Å². The van der Waals surface area contributed by atoms with Gasteiger partial charge >= 0.3 is 0 Å². The van der Waals surface area contributed by atoms with Gasteiger partial charge in [-0.05, 0) is 13.5 Å². The molecule has 1 atom stereocenters. The molecule has 0 saturated heterocycles. The van der Waals surface area contributed by atoms with Gasteiger partial charge in [0.15, 0.2) is 22.5 Å². The second-order valence-corrected chi connectivity index (χ2v) is 4.83. The van der Waals surface area contributed by atoms with Crippen LogP contribution < -0.4 is 22.1 Å². The summed E-state index contributed by atoms with van der Waals surface area (Å²) in [4.78, 5) is 19.6. The highest BCUT2D eigenvalue weighted by atomic mass is 35.5. The van der Waals surface area contributed by atoms with Gasteiger partial charge in [0.2, 0.25) is 0 Å². The summed E-state index contributed by atoms with van der Waals surface area (Å²) in [7, 11) is 1.86. The minimum absolute atomic E-state index is 0.00505. The second-order valence-electron chi connectivity index (χ2n) is 4.47. The molecule has 0 spiro atoms. The van der Waals surface area contributed by atoms with E-state index in [1.54, 1.807) is 0 Å². The van der Waals surface area contributed by atoms with E-state index in [4.69, 9.17) is 23.1 Å². The minimum atomic E-state index is -0.409. The topological polar surface area (TPSA) is 119 Å². The van der Waals surface area contributed by atoms with Gasteiger partial charge in [0.1, 0.15) is 0 Å². The summed E-state index contributed by atoms with van der Waals surface area (Å²) in [6.45, 7) is 2.61. The molecule has 8 heteroatoms. The quantitative estimate of drug-likeness (QED) is 0.591. The van der Waals surface area contributed by atoms with Crippen molar-refractivity contribution in [2.75, 3.05) is 25.1 Å². The molecule has 7 nitrogen and oxygen atoms in total. The lowest BCUT2D eigenvalue weighted by atomic mass is 10.1. The summed E-state index contributed by atoms with van der Waals surface area (Å²) >= 11 is 5.74. The number of nitrogens with one attached hydrogen (secondary N) is 2. The molecule has 112 valence electrons. The molecule has 1 rings (SSSR count). The van der Waals surface area contributed by atoms with Crippen molar-refractivity contribution < 1.29 is 4.79 Å². The normalized spacial score (nSPS) is 12.2. The van der Waals surface area contributed by atoms with Gasteiger partial charge in [-0.15, -0.1) is 0 Å². The lowest BCUT2D eigenvalue weighted by Crippen LogP contribution is -2.39. The first kappa shape index (κ1) is 16.5. The fraction of sp³-hybridized carbons (Fsp3) is 0.583. The van der Waals surface area contributed by atoms with Gasteiger partial charge in [0, 0.05) is 12.6 Å². The number of halogens is 1. The number of likely N-dealkylation sites (N-methyl/N-ethyl adjacent to an activating group) is 1.